The van der Waals surface area contributed by atoms with Crippen LogP contribution in [-0.2, 0) is 4.79 Å². The molecule has 1 aromatic rings. The molecule has 1 saturated heterocycles. The number of nitrogens with two attached hydrogens (primary N) is 1. The Labute approximate surface area is 147 Å². The van der Waals surface area contributed by atoms with E-state index in [1.165, 1.54) is 5.56 Å². The standard InChI is InChI=1S/C19H30N2O.ClH/c1-4-19(5-2,14-20)18(22)21-12-11-17(15(3)13-21)16-9-7-6-8-10-16;/h6-10,15,17H,4-5,11-14,20H2,1-3H3;1H. The number of hydrogen-bond acceptors (Lipinski definition) is 2. The first-order valence-electron chi connectivity index (χ1n) is 8.62. The van der Waals surface area contributed by atoms with Gasteiger partial charge in [0.1, 0.15) is 0 Å². The summed E-state index contributed by atoms with van der Waals surface area (Å²) >= 11 is 0. The van der Waals surface area contributed by atoms with Gasteiger partial charge < -0.3 is 10.6 Å². The van der Waals surface area contributed by atoms with Crippen molar-refractivity contribution in [2.24, 2.45) is 17.1 Å². The summed E-state index contributed by atoms with van der Waals surface area (Å²) in [5.41, 5.74) is 6.98. The minimum Gasteiger partial charge on any atom is -0.342 e. The quantitative estimate of drug-likeness (QED) is 0.887. The SMILES string of the molecule is CCC(CC)(CN)C(=O)N1CCC(c2ccccc2)C(C)C1.Cl. The molecule has 1 aliphatic heterocycles. The van der Waals surface area contributed by atoms with E-state index in [1.807, 2.05) is 0 Å². The Morgan fingerprint density at radius 3 is 2.35 bits per heavy atom. The average Bonchev–Trinajstić information content (AvgIpc) is 2.57. The van der Waals surface area contributed by atoms with Crippen LogP contribution in [0.1, 0.15) is 51.5 Å². The Morgan fingerprint density at radius 1 is 1.26 bits per heavy atom. The van der Waals surface area contributed by atoms with Crippen molar-refractivity contribution in [1.82, 2.24) is 4.90 Å². The fourth-order valence-electron chi connectivity index (χ4n) is 3.79. The maximum Gasteiger partial charge on any atom is 0.230 e. The number of rotatable bonds is 5. The Hall–Kier alpha value is -1.06. The van der Waals surface area contributed by atoms with Gasteiger partial charge in [0, 0.05) is 19.6 Å². The minimum atomic E-state index is -0.362. The van der Waals surface area contributed by atoms with E-state index in [0.717, 1.165) is 32.4 Å². The molecule has 0 bridgehead atoms. The first kappa shape index (κ1) is 20.0. The highest BCUT2D eigenvalue weighted by Gasteiger charge is 2.39. The summed E-state index contributed by atoms with van der Waals surface area (Å²) in [6, 6.07) is 10.7. The minimum absolute atomic E-state index is 0. The van der Waals surface area contributed by atoms with E-state index >= 15 is 0 Å². The predicted molar refractivity (Wildman–Crippen MR) is 98.9 cm³/mol. The monoisotopic (exact) mass is 338 g/mol. The maximum atomic E-state index is 12.9. The number of piperidine rings is 1. The van der Waals surface area contributed by atoms with Gasteiger partial charge in [-0.3, -0.25) is 4.79 Å². The average molecular weight is 339 g/mol. The molecule has 23 heavy (non-hydrogen) atoms. The molecule has 1 aliphatic rings. The molecule has 0 spiro atoms. The van der Waals surface area contributed by atoms with Crippen molar-refractivity contribution in [3.8, 4) is 0 Å². The second-order valence-corrected chi connectivity index (χ2v) is 6.73. The Morgan fingerprint density at radius 2 is 1.87 bits per heavy atom. The van der Waals surface area contributed by atoms with E-state index in [2.05, 4.69) is 56.0 Å². The smallest absolute Gasteiger partial charge is 0.230 e. The molecule has 4 heteroatoms. The molecule has 0 saturated carbocycles. The first-order valence-corrected chi connectivity index (χ1v) is 8.62. The van der Waals surface area contributed by atoms with Crippen LogP contribution in [0, 0.1) is 11.3 Å². The Bertz CT molecular complexity index is 479. The third-order valence-corrected chi connectivity index (χ3v) is 5.62. The Kier molecular flexibility index (Phi) is 7.56. The molecule has 0 radical (unpaired) electrons. The van der Waals surface area contributed by atoms with E-state index < -0.39 is 0 Å². The number of hydrogen-bond donors (Lipinski definition) is 1. The zero-order valence-electron chi connectivity index (χ0n) is 14.6. The molecule has 0 aromatic heterocycles. The topological polar surface area (TPSA) is 46.3 Å². The lowest BCUT2D eigenvalue weighted by Crippen LogP contribution is -2.51. The van der Waals surface area contributed by atoms with E-state index in [4.69, 9.17) is 5.73 Å². The largest absolute Gasteiger partial charge is 0.342 e. The Balaban J connectivity index is 0.00000264. The number of halogens is 1. The van der Waals surface area contributed by atoms with Crippen LogP contribution < -0.4 is 5.73 Å². The van der Waals surface area contributed by atoms with E-state index in [9.17, 15) is 4.79 Å². The van der Waals surface area contributed by atoms with Crippen LogP contribution in [0.4, 0.5) is 0 Å². The maximum absolute atomic E-state index is 12.9. The summed E-state index contributed by atoms with van der Waals surface area (Å²) in [6.07, 6.45) is 2.70. The van der Waals surface area contributed by atoms with Gasteiger partial charge in [-0.05, 0) is 36.7 Å². The van der Waals surface area contributed by atoms with Crippen molar-refractivity contribution in [2.75, 3.05) is 19.6 Å². The van der Waals surface area contributed by atoms with Crippen molar-refractivity contribution in [3.05, 3.63) is 35.9 Å². The fourth-order valence-corrected chi connectivity index (χ4v) is 3.79. The van der Waals surface area contributed by atoms with Gasteiger partial charge in [-0.1, -0.05) is 51.1 Å². The molecule has 2 rings (SSSR count). The molecule has 1 fully saturated rings. The van der Waals surface area contributed by atoms with Gasteiger partial charge >= 0.3 is 0 Å². The third kappa shape index (κ3) is 4.07. The zero-order valence-corrected chi connectivity index (χ0v) is 15.4. The summed E-state index contributed by atoms with van der Waals surface area (Å²) in [5.74, 6) is 1.31. The highest BCUT2D eigenvalue weighted by molar-refractivity contribution is 5.85. The molecule has 3 nitrogen and oxygen atoms in total. The van der Waals surface area contributed by atoms with Gasteiger partial charge in [0.2, 0.25) is 5.91 Å². The number of benzene rings is 1. The number of likely N-dealkylation sites (tertiary alicyclic amines) is 1. The highest BCUT2D eigenvalue weighted by Crippen LogP contribution is 2.35. The summed E-state index contributed by atoms with van der Waals surface area (Å²) in [4.78, 5) is 15.0. The van der Waals surface area contributed by atoms with Crippen molar-refractivity contribution in [1.29, 1.82) is 0 Å². The summed E-state index contributed by atoms with van der Waals surface area (Å²) in [5, 5.41) is 0. The van der Waals surface area contributed by atoms with Crippen molar-refractivity contribution in [3.63, 3.8) is 0 Å². The predicted octanol–water partition coefficient (Wildman–Crippen LogP) is 3.83. The van der Waals surface area contributed by atoms with Crippen molar-refractivity contribution < 1.29 is 4.79 Å². The molecule has 2 N–H and O–H groups in total. The van der Waals surface area contributed by atoms with E-state index in [-0.39, 0.29) is 23.7 Å². The van der Waals surface area contributed by atoms with Gasteiger partial charge in [0.05, 0.1) is 5.41 Å². The number of carbonyl (C=O) groups is 1. The van der Waals surface area contributed by atoms with Crippen molar-refractivity contribution >= 4 is 18.3 Å². The second kappa shape index (κ2) is 8.70. The van der Waals surface area contributed by atoms with Crippen LogP contribution >= 0.6 is 12.4 Å². The first-order chi connectivity index (χ1) is 10.6. The van der Waals surface area contributed by atoms with Gasteiger partial charge in [-0.2, -0.15) is 0 Å². The zero-order chi connectivity index (χ0) is 16.2. The molecule has 1 aromatic carbocycles. The van der Waals surface area contributed by atoms with E-state index in [1.54, 1.807) is 0 Å². The van der Waals surface area contributed by atoms with Crippen LogP contribution in [0.5, 0.6) is 0 Å². The normalized spacial score (nSPS) is 21.7. The number of carbonyl (C=O) groups excluding carboxylic acids is 1. The lowest BCUT2D eigenvalue weighted by Gasteiger charge is -2.42. The molecule has 2 unspecified atom stereocenters. The van der Waals surface area contributed by atoms with Crippen LogP contribution in [0.2, 0.25) is 0 Å². The molecular formula is C19H31ClN2O. The lowest BCUT2D eigenvalue weighted by atomic mass is 9.78. The van der Waals surface area contributed by atoms with Crippen LogP contribution in [0.25, 0.3) is 0 Å². The van der Waals surface area contributed by atoms with E-state index in [0.29, 0.717) is 18.4 Å². The molecule has 0 aliphatic carbocycles. The molecule has 1 heterocycles. The lowest BCUT2D eigenvalue weighted by molar-refractivity contribution is -0.144. The third-order valence-electron chi connectivity index (χ3n) is 5.62. The number of nitrogens with zero attached hydrogens (tertiary/aromatic N) is 1. The molecule has 130 valence electrons. The van der Waals surface area contributed by atoms with Gasteiger partial charge in [-0.15, -0.1) is 12.4 Å². The molecular weight excluding hydrogens is 308 g/mol. The van der Waals surface area contributed by atoms with Crippen LogP contribution in [-0.4, -0.2) is 30.4 Å². The van der Waals surface area contributed by atoms with Crippen LogP contribution in [0.3, 0.4) is 0 Å². The van der Waals surface area contributed by atoms with Crippen LogP contribution in [0.15, 0.2) is 30.3 Å². The molecule has 2 atom stereocenters. The highest BCUT2D eigenvalue weighted by atomic mass is 35.5. The molecule has 1 amide bonds. The van der Waals surface area contributed by atoms with Crippen molar-refractivity contribution in [2.45, 2.75) is 46.0 Å². The van der Waals surface area contributed by atoms with Gasteiger partial charge in [0.15, 0.2) is 0 Å². The summed E-state index contributed by atoms with van der Waals surface area (Å²) in [6.45, 7) is 8.57. The second-order valence-electron chi connectivity index (χ2n) is 6.73. The summed E-state index contributed by atoms with van der Waals surface area (Å²) in [7, 11) is 0. The summed E-state index contributed by atoms with van der Waals surface area (Å²) < 4.78 is 0. The van der Waals surface area contributed by atoms with Gasteiger partial charge in [-0.25, -0.2) is 0 Å². The number of amides is 1. The fraction of sp³-hybridized carbons (Fsp3) is 0.632. The van der Waals surface area contributed by atoms with Gasteiger partial charge in [0.25, 0.3) is 0 Å².